The molecule has 0 bridgehead atoms. The van der Waals surface area contributed by atoms with Gasteiger partial charge in [0, 0.05) is 0 Å². The highest BCUT2D eigenvalue weighted by atomic mass is 79.9. The Labute approximate surface area is 108 Å². The summed E-state index contributed by atoms with van der Waals surface area (Å²) < 4.78 is 4.10. The van der Waals surface area contributed by atoms with E-state index < -0.39 is 21.2 Å². The highest BCUT2D eigenvalue weighted by Gasteiger charge is 2.36. The fraction of sp³-hybridized carbons (Fsp3) is 0. The zero-order valence-corrected chi connectivity index (χ0v) is 10.8. The molecule has 9 nitrogen and oxygen atoms in total. The van der Waals surface area contributed by atoms with Crippen LogP contribution in [0.5, 0.6) is 0 Å². The van der Waals surface area contributed by atoms with Crippen molar-refractivity contribution in [1.82, 2.24) is 10.3 Å². The lowest BCUT2D eigenvalue weighted by Gasteiger charge is -1.99. The Morgan fingerprint density at radius 3 is 1.59 bits per heavy atom. The van der Waals surface area contributed by atoms with Crippen molar-refractivity contribution < 1.29 is 14.5 Å². The Bertz CT molecular complexity index is 599. The van der Waals surface area contributed by atoms with E-state index >= 15 is 0 Å². The topological polar surface area (TPSA) is 125 Å². The minimum absolute atomic E-state index is 0.0363. The van der Waals surface area contributed by atoms with Crippen molar-refractivity contribution in [1.29, 1.82) is 0 Å². The smallest absolute Gasteiger partial charge is 0.258 e. The van der Waals surface area contributed by atoms with Gasteiger partial charge in [0.25, 0.3) is 0 Å². The molecule has 1 aromatic heterocycles. The molecule has 88 valence electrons. The third-order valence-electron chi connectivity index (χ3n) is 1.91. The summed E-state index contributed by atoms with van der Waals surface area (Å²) in [7, 11) is 0. The van der Waals surface area contributed by atoms with Crippen molar-refractivity contribution in [3.63, 3.8) is 0 Å². The molecule has 0 aliphatic rings. The highest BCUT2D eigenvalue weighted by Crippen LogP contribution is 2.45. The number of benzene rings is 1. The molecule has 0 radical (unpaired) electrons. The number of hydrogen-bond acceptors (Lipinski definition) is 7. The first kappa shape index (κ1) is 11.9. The summed E-state index contributed by atoms with van der Waals surface area (Å²) in [6, 6.07) is 0. The summed E-state index contributed by atoms with van der Waals surface area (Å²) in [6.45, 7) is 0. The quantitative estimate of drug-likeness (QED) is 0.589. The monoisotopic (exact) mass is 366 g/mol. The Morgan fingerprint density at radius 1 is 0.941 bits per heavy atom. The number of rotatable bonds is 2. The minimum Gasteiger partial charge on any atom is -0.258 e. The molecule has 0 atom stereocenters. The van der Waals surface area contributed by atoms with Gasteiger partial charge in [0.1, 0.15) is 8.95 Å². The van der Waals surface area contributed by atoms with Crippen LogP contribution in [0.15, 0.2) is 13.6 Å². The summed E-state index contributed by atoms with van der Waals surface area (Å²) in [5, 5.41) is 28.5. The number of fused-ring (bicyclic) bond motifs is 1. The number of nitrogens with zero attached hydrogens (tertiary/aromatic N) is 4. The SMILES string of the molecule is O=[N+]([O-])c1c([N+](=O)[O-])c(Br)c2nonc2c1Br. The molecule has 0 saturated carbocycles. The first-order valence-electron chi connectivity index (χ1n) is 3.87. The fourth-order valence-corrected chi connectivity index (χ4v) is 2.43. The van der Waals surface area contributed by atoms with Crippen molar-refractivity contribution in [3.8, 4) is 0 Å². The summed E-state index contributed by atoms with van der Waals surface area (Å²) >= 11 is 5.77. The average molecular weight is 368 g/mol. The van der Waals surface area contributed by atoms with E-state index in [1.54, 1.807) is 0 Å². The number of hydrogen-bond donors (Lipinski definition) is 0. The maximum absolute atomic E-state index is 10.8. The van der Waals surface area contributed by atoms with Gasteiger partial charge in [-0.1, -0.05) is 0 Å². The summed E-state index contributed by atoms with van der Waals surface area (Å²) in [5.41, 5.74) is -1.33. The molecule has 1 aromatic carbocycles. The van der Waals surface area contributed by atoms with E-state index in [-0.39, 0.29) is 20.0 Å². The molecule has 0 amide bonds. The Balaban J connectivity index is 3.03. The van der Waals surface area contributed by atoms with Gasteiger partial charge in [-0.2, -0.15) is 0 Å². The molecule has 1 heterocycles. The second kappa shape index (κ2) is 4.00. The van der Waals surface area contributed by atoms with Crippen LogP contribution in [0.3, 0.4) is 0 Å². The van der Waals surface area contributed by atoms with E-state index in [0.29, 0.717) is 0 Å². The van der Waals surface area contributed by atoms with Gasteiger partial charge in [0.05, 0.1) is 9.85 Å². The lowest BCUT2D eigenvalue weighted by Crippen LogP contribution is -1.99. The molecule has 11 heteroatoms. The summed E-state index contributed by atoms with van der Waals surface area (Å²) in [5.74, 6) is 0. The number of halogens is 2. The molecule has 0 aliphatic carbocycles. The molecule has 0 unspecified atom stereocenters. The van der Waals surface area contributed by atoms with Gasteiger partial charge >= 0.3 is 11.4 Å². The van der Waals surface area contributed by atoms with Crippen LogP contribution in [0.2, 0.25) is 0 Å². The standard InChI is InChI=1S/C6Br2N4O5/c7-1-3-4(10-17-9-3)2(8)6(12(15)16)5(1)11(13)14. The number of nitro groups is 2. The Hall–Kier alpha value is -1.62. The molecule has 2 aromatic rings. The minimum atomic E-state index is -0.874. The molecule has 0 N–H and O–H groups in total. The van der Waals surface area contributed by atoms with E-state index in [2.05, 4.69) is 46.8 Å². The maximum atomic E-state index is 10.8. The Morgan fingerprint density at radius 2 is 1.29 bits per heavy atom. The third-order valence-corrected chi connectivity index (χ3v) is 3.41. The van der Waals surface area contributed by atoms with Gasteiger partial charge < -0.3 is 0 Å². The van der Waals surface area contributed by atoms with Crippen molar-refractivity contribution in [2.45, 2.75) is 0 Å². The normalized spacial score (nSPS) is 10.7. The van der Waals surface area contributed by atoms with Crippen LogP contribution in [0.1, 0.15) is 0 Å². The van der Waals surface area contributed by atoms with E-state index in [0.717, 1.165) is 0 Å². The molecule has 17 heavy (non-hydrogen) atoms. The average Bonchev–Trinajstić information content (AvgIpc) is 2.70. The van der Waals surface area contributed by atoms with E-state index in [1.807, 2.05) is 0 Å². The second-order valence-electron chi connectivity index (χ2n) is 2.80. The first-order valence-corrected chi connectivity index (χ1v) is 5.45. The lowest BCUT2D eigenvalue weighted by atomic mass is 10.2. The van der Waals surface area contributed by atoms with E-state index in [1.165, 1.54) is 0 Å². The van der Waals surface area contributed by atoms with Gasteiger partial charge in [0.15, 0.2) is 11.0 Å². The molecule has 0 spiro atoms. The molecule has 0 fully saturated rings. The predicted octanol–water partition coefficient (Wildman–Crippen LogP) is 2.56. The van der Waals surface area contributed by atoms with Crippen LogP contribution in [-0.2, 0) is 0 Å². The van der Waals surface area contributed by atoms with Crippen LogP contribution in [0.25, 0.3) is 11.0 Å². The van der Waals surface area contributed by atoms with E-state index in [9.17, 15) is 20.2 Å². The van der Waals surface area contributed by atoms with E-state index in [4.69, 9.17) is 0 Å². The largest absolute Gasteiger partial charge is 0.363 e. The van der Waals surface area contributed by atoms with Crippen LogP contribution in [0, 0.1) is 20.2 Å². The van der Waals surface area contributed by atoms with Crippen LogP contribution in [-0.4, -0.2) is 20.2 Å². The predicted molar refractivity (Wildman–Crippen MR) is 60.5 cm³/mol. The summed E-state index contributed by atoms with van der Waals surface area (Å²) in [6.07, 6.45) is 0. The lowest BCUT2D eigenvalue weighted by molar-refractivity contribution is -0.423. The first-order chi connectivity index (χ1) is 7.95. The maximum Gasteiger partial charge on any atom is 0.363 e. The second-order valence-corrected chi connectivity index (χ2v) is 4.39. The van der Waals surface area contributed by atoms with Gasteiger partial charge in [-0.25, -0.2) is 4.63 Å². The van der Waals surface area contributed by atoms with Crippen molar-refractivity contribution >= 4 is 54.3 Å². The summed E-state index contributed by atoms with van der Waals surface area (Å²) in [4.78, 5) is 19.9. The van der Waals surface area contributed by atoms with Gasteiger partial charge in [-0.3, -0.25) is 20.2 Å². The molecular weight excluding hydrogens is 368 g/mol. The van der Waals surface area contributed by atoms with Crippen molar-refractivity contribution in [2.24, 2.45) is 0 Å². The number of nitro benzene ring substituents is 2. The van der Waals surface area contributed by atoms with Crippen LogP contribution in [0.4, 0.5) is 11.4 Å². The van der Waals surface area contributed by atoms with Crippen LogP contribution < -0.4 is 0 Å². The Kier molecular flexibility index (Phi) is 2.79. The molecule has 0 aliphatic heterocycles. The fourth-order valence-electron chi connectivity index (χ4n) is 1.24. The van der Waals surface area contributed by atoms with Crippen LogP contribution >= 0.6 is 31.9 Å². The van der Waals surface area contributed by atoms with Gasteiger partial charge in [-0.15, -0.1) is 0 Å². The van der Waals surface area contributed by atoms with Gasteiger partial charge in [-0.05, 0) is 42.2 Å². The molecule has 0 saturated heterocycles. The zero-order valence-electron chi connectivity index (χ0n) is 7.59. The van der Waals surface area contributed by atoms with Gasteiger partial charge in [0.2, 0.25) is 0 Å². The van der Waals surface area contributed by atoms with Crippen molar-refractivity contribution in [3.05, 3.63) is 29.2 Å². The highest BCUT2D eigenvalue weighted by molar-refractivity contribution is 9.11. The molecular formula is C6Br2N4O5. The zero-order chi connectivity index (χ0) is 12.7. The van der Waals surface area contributed by atoms with Crippen molar-refractivity contribution in [2.75, 3.05) is 0 Å². The number of aromatic nitrogens is 2. The third kappa shape index (κ3) is 1.67. The molecule has 2 rings (SSSR count).